The molecular weight excluding hydrogens is 829 g/mol. The van der Waals surface area contributed by atoms with Gasteiger partial charge in [-0.05, 0) is 89.9 Å². The van der Waals surface area contributed by atoms with E-state index in [0.717, 1.165) is 89.9 Å². The van der Waals surface area contributed by atoms with E-state index in [1.54, 1.807) is 0 Å². The van der Waals surface area contributed by atoms with Crippen LogP contribution in [0.1, 0.15) is 290 Å². The summed E-state index contributed by atoms with van der Waals surface area (Å²) in [5.41, 5.74) is 0. The number of ether oxygens (including phenoxy) is 3. The van der Waals surface area contributed by atoms with E-state index in [9.17, 15) is 14.4 Å². The van der Waals surface area contributed by atoms with Gasteiger partial charge in [0.05, 0.1) is 0 Å². The highest BCUT2D eigenvalue weighted by molar-refractivity contribution is 5.71. The lowest BCUT2D eigenvalue weighted by molar-refractivity contribution is -0.167. The standard InChI is InChI=1S/C61H108O6/c1-4-7-10-13-16-19-22-25-28-30-31-32-34-36-39-42-45-48-51-54-60(63)66-57-58(56-65-59(62)53-50-47-44-41-38-35-27-24-21-18-15-12-9-6-3)67-61(64)55-52-49-46-43-40-37-33-29-26-23-20-17-14-11-8-5-2/h16,19,24-25,27-28,31-32,36,39,58H,4-15,17-18,20-23,26,29-30,33-35,37-38,40-57H2,1-3H3/b19-16+,27-24+,28-25+,32-31+,39-36+/t58-/m1/s1. The molecule has 6 nitrogen and oxygen atoms in total. The van der Waals surface area contributed by atoms with Crippen LogP contribution in [-0.4, -0.2) is 37.2 Å². The Kier molecular flexibility index (Phi) is 53.3. The molecule has 0 rings (SSSR count). The van der Waals surface area contributed by atoms with Crippen molar-refractivity contribution in [2.75, 3.05) is 13.2 Å². The van der Waals surface area contributed by atoms with Gasteiger partial charge in [-0.25, -0.2) is 0 Å². The molecule has 0 fully saturated rings. The molecule has 0 aromatic rings. The predicted molar refractivity (Wildman–Crippen MR) is 288 cm³/mol. The van der Waals surface area contributed by atoms with Crippen molar-refractivity contribution in [3.05, 3.63) is 60.8 Å². The highest BCUT2D eigenvalue weighted by atomic mass is 16.6. The quantitative estimate of drug-likeness (QED) is 0.0262. The first kappa shape index (κ1) is 64.1. The van der Waals surface area contributed by atoms with Gasteiger partial charge in [-0.3, -0.25) is 14.4 Å². The van der Waals surface area contributed by atoms with E-state index in [2.05, 4.69) is 81.5 Å². The van der Waals surface area contributed by atoms with E-state index in [1.165, 1.54) is 161 Å². The topological polar surface area (TPSA) is 78.9 Å². The highest BCUT2D eigenvalue weighted by Crippen LogP contribution is 2.16. The number of allylic oxidation sites excluding steroid dienone is 10. The first-order chi connectivity index (χ1) is 33.0. The van der Waals surface area contributed by atoms with Crippen LogP contribution in [-0.2, 0) is 28.6 Å². The fourth-order valence-corrected chi connectivity index (χ4v) is 8.13. The van der Waals surface area contributed by atoms with Crippen LogP contribution in [0.5, 0.6) is 0 Å². The van der Waals surface area contributed by atoms with Crippen molar-refractivity contribution in [3.63, 3.8) is 0 Å². The molecule has 0 saturated carbocycles. The number of esters is 3. The van der Waals surface area contributed by atoms with E-state index in [0.29, 0.717) is 19.3 Å². The fourth-order valence-electron chi connectivity index (χ4n) is 8.13. The van der Waals surface area contributed by atoms with Crippen LogP contribution >= 0.6 is 0 Å². The van der Waals surface area contributed by atoms with Gasteiger partial charge in [0, 0.05) is 19.3 Å². The SMILES string of the molecule is CCCCC/C=C/C/C=C/C/C=C/C/C=C/CCCCCC(=O)OC[C@@H](COC(=O)CCCCCCC/C=C/CCCCCCC)OC(=O)CCCCCCCCCCCCCCCCCC. The Morgan fingerprint density at radius 2 is 0.537 bits per heavy atom. The molecule has 67 heavy (non-hydrogen) atoms. The molecule has 0 aromatic carbocycles. The van der Waals surface area contributed by atoms with Crippen molar-refractivity contribution in [1.29, 1.82) is 0 Å². The first-order valence-corrected chi connectivity index (χ1v) is 28.8. The second kappa shape index (κ2) is 55.7. The van der Waals surface area contributed by atoms with E-state index >= 15 is 0 Å². The van der Waals surface area contributed by atoms with Gasteiger partial charge in [0.25, 0.3) is 0 Å². The number of carbonyl (C=O) groups is 3. The fraction of sp³-hybridized carbons (Fsp3) is 0.787. The zero-order valence-corrected chi connectivity index (χ0v) is 44.4. The normalized spacial score (nSPS) is 12.5. The van der Waals surface area contributed by atoms with Crippen molar-refractivity contribution in [2.45, 2.75) is 297 Å². The lowest BCUT2D eigenvalue weighted by atomic mass is 10.0. The van der Waals surface area contributed by atoms with Crippen LogP contribution in [0, 0.1) is 0 Å². The molecule has 388 valence electrons. The molecule has 0 spiro atoms. The smallest absolute Gasteiger partial charge is 0.306 e. The number of hydrogen-bond acceptors (Lipinski definition) is 6. The Morgan fingerprint density at radius 3 is 0.896 bits per heavy atom. The summed E-state index contributed by atoms with van der Waals surface area (Å²) >= 11 is 0. The number of unbranched alkanes of at least 4 members (excludes halogenated alkanes) is 31. The minimum Gasteiger partial charge on any atom is -0.462 e. The molecule has 0 saturated heterocycles. The molecule has 0 amide bonds. The Balaban J connectivity index is 4.42. The Labute approximate surface area is 415 Å². The number of rotatable bonds is 52. The second-order valence-corrected chi connectivity index (χ2v) is 19.2. The van der Waals surface area contributed by atoms with Gasteiger partial charge >= 0.3 is 17.9 Å². The Morgan fingerprint density at radius 1 is 0.299 bits per heavy atom. The largest absolute Gasteiger partial charge is 0.462 e. The molecule has 0 aromatic heterocycles. The maximum atomic E-state index is 12.8. The summed E-state index contributed by atoms with van der Waals surface area (Å²) in [6.45, 7) is 6.60. The lowest BCUT2D eigenvalue weighted by Gasteiger charge is -2.18. The van der Waals surface area contributed by atoms with Gasteiger partial charge in [-0.2, -0.15) is 0 Å². The lowest BCUT2D eigenvalue weighted by Crippen LogP contribution is -2.30. The predicted octanol–water partition coefficient (Wildman–Crippen LogP) is 19.2. The van der Waals surface area contributed by atoms with Gasteiger partial charge in [-0.1, -0.05) is 242 Å². The third kappa shape index (κ3) is 53.9. The van der Waals surface area contributed by atoms with E-state index in [-0.39, 0.29) is 31.1 Å². The molecule has 6 heteroatoms. The van der Waals surface area contributed by atoms with Gasteiger partial charge in [0.1, 0.15) is 13.2 Å². The summed E-state index contributed by atoms with van der Waals surface area (Å²) in [5.74, 6) is -0.914. The minimum atomic E-state index is -0.789. The van der Waals surface area contributed by atoms with Crippen LogP contribution in [0.25, 0.3) is 0 Å². The third-order valence-corrected chi connectivity index (χ3v) is 12.5. The van der Waals surface area contributed by atoms with Crippen molar-refractivity contribution in [2.24, 2.45) is 0 Å². The van der Waals surface area contributed by atoms with Crippen molar-refractivity contribution in [1.82, 2.24) is 0 Å². The molecule has 0 aliphatic heterocycles. The van der Waals surface area contributed by atoms with Crippen molar-refractivity contribution >= 4 is 17.9 Å². The van der Waals surface area contributed by atoms with Crippen LogP contribution in [0.15, 0.2) is 60.8 Å². The second-order valence-electron chi connectivity index (χ2n) is 19.2. The summed E-state index contributed by atoms with van der Waals surface area (Å²) in [6.07, 6.45) is 69.2. The maximum absolute atomic E-state index is 12.8. The third-order valence-electron chi connectivity index (χ3n) is 12.5. The zero-order valence-electron chi connectivity index (χ0n) is 44.4. The van der Waals surface area contributed by atoms with Crippen molar-refractivity contribution < 1.29 is 28.6 Å². The molecule has 0 bridgehead atoms. The van der Waals surface area contributed by atoms with Crippen LogP contribution in [0.4, 0.5) is 0 Å². The molecule has 0 N–H and O–H groups in total. The van der Waals surface area contributed by atoms with E-state index < -0.39 is 6.10 Å². The average Bonchev–Trinajstić information content (AvgIpc) is 3.33. The van der Waals surface area contributed by atoms with Crippen LogP contribution in [0.2, 0.25) is 0 Å². The first-order valence-electron chi connectivity index (χ1n) is 28.8. The van der Waals surface area contributed by atoms with E-state index in [1.807, 2.05) is 0 Å². The van der Waals surface area contributed by atoms with Crippen LogP contribution < -0.4 is 0 Å². The van der Waals surface area contributed by atoms with E-state index in [4.69, 9.17) is 14.2 Å². The molecule has 0 aliphatic rings. The Bertz CT molecular complexity index is 1210. The van der Waals surface area contributed by atoms with Gasteiger partial charge in [0.15, 0.2) is 6.10 Å². The molecule has 1 atom stereocenters. The summed E-state index contributed by atoms with van der Waals surface area (Å²) in [7, 11) is 0. The summed E-state index contributed by atoms with van der Waals surface area (Å²) in [6, 6.07) is 0. The molecule has 0 unspecified atom stereocenters. The summed E-state index contributed by atoms with van der Waals surface area (Å²) in [4.78, 5) is 38.1. The highest BCUT2D eigenvalue weighted by Gasteiger charge is 2.19. The monoisotopic (exact) mass is 937 g/mol. The van der Waals surface area contributed by atoms with Gasteiger partial charge < -0.3 is 14.2 Å². The molecule has 0 aliphatic carbocycles. The summed E-state index contributed by atoms with van der Waals surface area (Å²) in [5, 5.41) is 0. The molecule has 0 radical (unpaired) electrons. The number of hydrogen-bond donors (Lipinski definition) is 0. The zero-order chi connectivity index (χ0) is 48.6. The number of carbonyl (C=O) groups excluding carboxylic acids is 3. The van der Waals surface area contributed by atoms with Gasteiger partial charge in [-0.15, -0.1) is 0 Å². The molecular formula is C61H108O6. The summed E-state index contributed by atoms with van der Waals surface area (Å²) < 4.78 is 16.8. The van der Waals surface area contributed by atoms with Gasteiger partial charge in [0.2, 0.25) is 0 Å². The molecule has 0 heterocycles. The van der Waals surface area contributed by atoms with Crippen LogP contribution in [0.3, 0.4) is 0 Å². The van der Waals surface area contributed by atoms with Crippen molar-refractivity contribution in [3.8, 4) is 0 Å². The maximum Gasteiger partial charge on any atom is 0.306 e. The minimum absolute atomic E-state index is 0.0865. The average molecular weight is 938 g/mol. The Hall–Kier alpha value is -2.89.